The Labute approximate surface area is 114 Å². The SMILES string of the molecule is CCN(CC(C)C)S(=O)(=O)c1ccc(Cl)c(N)c1. The monoisotopic (exact) mass is 290 g/mol. The molecule has 0 amide bonds. The van der Waals surface area contributed by atoms with Crippen LogP contribution in [0.15, 0.2) is 23.1 Å². The molecule has 0 spiro atoms. The summed E-state index contributed by atoms with van der Waals surface area (Å²) in [5, 5.41) is 0.362. The first-order valence-corrected chi connectivity index (χ1v) is 7.66. The first-order chi connectivity index (χ1) is 8.28. The average Bonchev–Trinajstić information content (AvgIpc) is 2.28. The van der Waals surface area contributed by atoms with E-state index in [0.29, 0.717) is 18.1 Å². The van der Waals surface area contributed by atoms with Crippen molar-refractivity contribution in [2.24, 2.45) is 5.92 Å². The molecule has 4 nitrogen and oxygen atoms in total. The molecule has 0 aliphatic rings. The van der Waals surface area contributed by atoms with Crippen molar-refractivity contribution in [3.05, 3.63) is 23.2 Å². The van der Waals surface area contributed by atoms with Gasteiger partial charge in [0.1, 0.15) is 0 Å². The van der Waals surface area contributed by atoms with Crippen LogP contribution in [0.1, 0.15) is 20.8 Å². The van der Waals surface area contributed by atoms with Crippen molar-refractivity contribution in [3.63, 3.8) is 0 Å². The Bertz CT molecular complexity index is 515. The van der Waals surface area contributed by atoms with E-state index in [-0.39, 0.29) is 16.5 Å². The predicted molar refractivity (Wildman–Crippen MR) is 75.1 cm³/mol. The second-order valence-corrected chi connectivity index (χ2v) is 6.88. The van der Waals surface area contributed by atoms with E-state index in [0.717, 1.165) is 0 Å². The molecule has 0 fully saturated rings. The summed E-state index contributed by atoms with van der Waals surface area (Å²) in [6.45, 7) is 6.70. The van der Waals surface area contributed by atoms with Crippen molar-refractivity contribution < 1.29 is 8.42 Å². The molecule has 0 bridgehead atoms. The highest BCUT2D eigenvalue weighted by Gasteiger charge is 2.24. The third kappa shape index (κ3) is 3.37. The molecule has 1 aromatic rings. The van der Waals surface area contributed by atoms with Crippen molar-refractivity contribution in [2.75, 3.05) is 18.8 Å². The minimum atomic E-state index is -3.49. The van der Waals surface area contributed by atoms with Gasteiger partial charge in [-0.15, -0.1) is 0 Å². The summed E-state index contributed by atoms with van der Waals surface area (Å²) < 4.78 is 26.2. The third-order valence-corrected chi connectivity index (χ3v) is 4.81. The van der Waals surface area contributed by atoms with E-state index in [9.17, 15) is 8.42 Å². The number of nitrogen functional groups attached to an aromatic ring is 1. The molecule has 18 heavy (non-hydrogen) atoms. The summed E-state index contributed by atoms with van der Waals surface area (Å²) in [5.41, 5.74) is 5.92. The number of anilines is 1. The van der Waals surface area contributed by atoms with Crippen LogP contribution < -0.4 is 5.73 Å². The van der Waals surface area contributed by atoms with Crippen LogP contribution in [0.2, 0.25) is 5.02 Å². The maximum absolute atomic E-state index is 12.4. The van der Waals surface area contributed by atoms with Crippen LogP contribution in [0.5, 0.6) is 0 Å². The summed E-state index contributed by atoms with van der Waals surface area (Å²) in [6.07, 6.45) is 0. The Morgan fingerprint density at radius 3 is 2.44 bits per heavy atom. The molecule has 0 atom stereocenters. The van der Waals surface area contributed by atoms with Gasteiger partial charge in [-0.2, -0.15) is 4.31 Å². The summed E-state index contributed by atoms with van der Waals surface area (Å²) in [4.78, 5) is 0.187. The lowest BCUT2D eigenvalue weighted by Gasteiger charge is -2.22. The number of sulfonamides is 1. The Hall–Kier alpha value is -0.780. The summed E-state index contributed by atoms with van der Waals surface area (Å²) in [5.74, 6) is 0.268. The van der Waals surface area contributed by atoms with Crippen molar-refractivity contribution in [1.82, 2.24) is 4.31 Å². The highest BCUT2D eigenvalue weighted by molar-refractivity contribution is 7.89. The van der Waals surface area contributed by atoms with Crippen LogP contribution in [0.3, 0.4) is 0 Å². The lowest BCUT2D eigenvalue weighted by molar-refractivity contribution is 0.381. The minimum Gasteiger partial charge on any atom is -0.397 e. The molecule has 0 heterocycles. The van der Waals surface area contributed by atoms with Gasteiger partial charge in [0.05, 0.1) is 15.6 Å². The van der Waals surface area contributed by atoms with Gasteiger partial charge in [0.25, 0.3) is 0 Å². The maximum atomic E-state index is 12.4. The molecule has 0 unspecified atom stereocenters. The van der Waals surface area contributed by atoms with Crippen molar-refractivity contribution in [2.45, 2.75) is 25.7 Å². The Kier molecular flexibility index (Phi) is 5.01. The van der Waals surface area contributed by atoms with Crippen molar-refractivity contribution in [3.8, 4) is 0 Å². The normalized spacial score (nSPS) is 12.3. The molecule has 102 valence electrons. The van der Waals surface area contributed by atoms with Crippen LogP contribution in [0.25, 0.3) is 0 Å². The van der Waals surface area contributed by atoms with Gasteiger partial charge >= 0.3 is 0 Å². The zero-order valence-corrected chi connectivity index (χ0v) is 12.4. The highest BCUT2D eigenvalue weighted by atomic mass is 35.5. The Morgan fingerprint density at radius 1 is 1.39 bits per heavy atom. The zero-order chi connectivity index (χ0) is 13.9. The van der Waals surface area contributed by atoms with Crippen LogP contribution in [0.4, 0.5) is 5.69 Å². The largest absolute Gasteiger partial charge is 0.397 e. The maximum Gasteiger partial charge on any atom is 0.243 e. The van der Waals surface area contributed by atoms with E-state index in [4.69, 9.17) is 17.3 Å². The lowest BCUT2D eigenvalue weighted by atomic mass is 10.2. The highest BCUT2D eigenvalue weighted by Crippen LogP contribution is 2.24. The van der Waals surface area contributed by atoms with Crippen molar-refractivity contribution in [1.29, 1.82) is 0 Å². The fourth-order valence-corrected chi connectivity index (χ4v) is 3.40. The van der Waals surface area contributed by atoms with Crippen LogP contribution in [-0.4, -0.2) is 25.8 Å². The molecule has 0 radical (unpaired) electrons. The Balaban J connectivity index is 3.14. The van der Waals surface area contributed by atoms with Gasteiger partial charge in [-0.25, -0.2) is 8.42 Å². The van der Waals surface area contributed by atoms with Gasteiger partial charge in [0.15, 0.2) is 0 Å². The van der Waals surface area contributed by atoms with E-state index in [1.165, 1.54) is 22.5 Å². The van der Waals surface area contributed by atoms with Gasteiger partial charge < -0.3 is 5.73 Å². The number of hydrogen-bond donors (Lipinski definition) is 1. The van der Waals surface area contributed by atoms with E-state index in [2.05, 4.69) is 0 Å². The van der Waals surface area contributed by atoms with E-state index in [1.807, 2.05) is 20.8 Å². The third-order valence-electron chi connectivity index (χ3n) is 2.53. The number of rotatable bonds is 5. The van der Waals surface area contributed by atoms with E-state index < -0.39 is 10.0 Å². The summed E-state index contributed by atoms with van der Waals surface area (Å²) >= 11 is 5.80. The van der Waals surface area contributed by atoms with Crippen LogP contribution in [-0.2, 0) is 10.0 Å². The minimum absolute atomic E-state index is 0.187. The number of nitrogens with two attached hydrogens (primary N) is 1. The molecule has 1 rings (SSSR count). The topological polar surface area (TPSA) is 63.4 Å². The molecular weight excluding hydrogens is 272 g/mol. The van der Waals surface area contributed by atoms with Gasteiger partial charge in [0.2, 0.25) is 10.0 Å². The van der Waals surface area contributed by atoms with Gasteiger partial charge in [-0.05, 0) is 24.1 Å². The quantitative estimate of drug-likeness (QED) is 0.848. The zero-order valence-electron chi connectivity index (χ0n) is 10.9. The van der Waals surface area contributed by atoms with Gasteiger partial charge in [-0.3, -0.25) is 0 Å². The predicted octanol–water partition coefficient (Wildman–Crippen LogP) is 2.59. The molecule has 0 saturated carbocycles. The lowest BCUT2D eigenvalue weighted by Crippen LogP contribution is -2.34. The summed E-state index contributed by atoms with van der Waals surface area (Å²) in [7, 11) is -3.49. The molecule has 0 aliphatic carbocycles. The first kappa shape index (κ1) is 15.3. The van der Waals surface area contributed by atoms with Gasteiger partial charge in [0, 0.05) is 13.1 Å². The van der Waals surface area contributed by atoms with Crippen molar-refractivity contribution >= 4 is 27.3 Å². The standard InChI is InChI=1S/C12H19ClN2O2S/c1-4-15(8-9(2)3)18(16,17)10-5-6-11(13)12(14)7-10/h5-7,9H,4,8,14H2,1-3H3. The smallest absolute Gasteiger partial charge is 0.243 e. The summed E-state index contributed by atoms with van der Waals surface area (Å²) in [6, 6.07) is 4.39. The fraction of sp³-hybridized carbons (Fsp3) is 0.500. The number of benzene rings is 1. The van der Waals surface area contributed by atoms with Crippen LogP contribution in [0, 0.1) is 5.92 Å². The molecule has 6 heteroatoms. The number of hydrogen-bond acceptors (Lipinski definition) is 3. The van der Waals surface area contributed by atoms with E-state index in [1.54, 1.807) is 0 Å². The molecule has 1 aromatic carbocycles. The molecule has 0 saturated heterocycles. The number of nitrogens with zero attached hydrogens (tertiary/aromatic N) is 1. The van der Waals surface area contributed by atoms with E-state index >= 15 is 0 Å². The molecular formula is C12H19ClN2O2S. The van der Waals surface area contributed by atoms with Gasteiger partial charge in [-0.1, -0.05) is 32.4 Å². The number of halogens is 1. The molecule has 0 aliphatic heterocycles. The molecule has 2 N–H and O–H groups in total. The Morgan fingerprint density at radius 2 is 2.00 bits per heavy atom. The second kappa shape index (κ2) is 5.91. The van der Waals surface area contributed by atoms with Crippen LogP contribution >= 0.6 is 11.6 Å². The molecule has 0 aromatic heterocycles. The average molecular weight is 291 g/mol. The first-order valence-electron chi connectivity index (χ1n) is 5.84. The second-order valence-electron chi connectivity index (χ2n) is 4.53. The fourth-order valence-electron chi connectivity index (χ4n) is 1.64.